The molecule has 77 heavy (non-hydrogen) atoms. The first-order chi connectivity index (χ1) is 36.5. The monoisotopic (exact) mass is 1010 g/mol. The van der Waals surface area contributed by atoms with Crippen molar-refractivity contribution in [3.63, 3.8) is 0 Å². The Hall–Kier alpha value is -6.78. The maximum Gasteiger partial charge on any atom is 0.198 e. The molecule has 0 unspecified atom stereocenters. The highest BCUT2D eigenvalue weighted by Crippen LogP contribution is 2.54. The number of benzene rings is 8. The highest BCUT2D eigenvalue weighted by Gasteiger charge is 2.42. The first kappa shape index (κ1) is 49.8. The van der Waals surface area contributed by atoms with E-state index in [1.54, 1.807) is 0 Å². The summed E-state index contributed by atoms with van der Waals surface area (Å²) < 4.78 is 7.55. The number of hydrogen-bond acceptors (Lipinski definition) is 3. The lowest BCUT2D eigenvalue weighted by atomic mass is 9.57. The van der Waals surface area contributed by atoms with Crippen LogP contribution in [0.4, 0.5) is 28.4 Å². The summed E-state index contributed by atoms with van der Waals surface area (Å²) in [6, 6.07) is 56.1. The number of anilines is 5. The Kier molecular flexibility index (Phi) is 11.1. The zero-order valence-corrected chi connectivity index (χ0v) is 48.2. The molecule has 0 saturated heterocycles. The third-order valence-corrected chi connectivity index (χ3v) is 19.8. The lowest BCUT2D eigenvalue weighted by Gasteiger charge is -2.44. The van der Waals surface area contributed by atoms with Crippen LogP contribution in [0.1, 0.15) is 161 Å². The fourth-order valence-corrected chi connectivity index (χ4v) is 14.4. The Labute approximate surface area is 459 Å². The molecule has 9 aromatic rings. The maximum atomic E-state index is 7.55. The molecule has 0 radical (unpaired) electrons. The maximum absolute atomic E-state index is 7.55. The lowest BCUT2D eigenvalue weighted by molar-refractivity contribution is 0.332. The minimum absolute atomic E-state index is 0.0283. The van der Waals surface area contributed by atoms with Crippen molar-refractivity contribution < 1.29 is 4.42 Å². The summed E-state index contributed by atoms with van der Waals surface area (Å²) in [5.74, 6) is 0. The molecule has 13 rings (SSSR count). The highest BCUT2D eigenvalue weighted by molar-refractivity contribution is 6.73. The van der Waals surface area contributed by atoms with Crippen LogP contribution in [0.5, 0.6) is 0 Å². The van der Waals surface area contributed by atoms with Crippen LogP contribution in [0.15, 0.2) is 150 Å². The second-order valence-electron chi connectivity index (χ2n) is 27.8. The van der Waals surface area contributed by atoms with E-state index < -0.39 is 0 Å². The van der Waals surface area contributed by atoms with E-state index in [9.17, 15) is 0 Å². The Balaban J connectivity index is 1.12. The molecule has 3 nitrogen and oxygen atoms in total. The first-order valence-corrected chi connectivity index (χ1v) is 28.8. The molecular formula is C73H77BN2O. The van der Waals surface area contributed by atoms with Gasteiger partial charge in [0.25, 0.3) is 0 Å². The topological polar surface area (TPSA) is 28.4 Å². The second-order valence-corrected chi connectivity index (χ2v) is 27.8. The number of hydrogen-bond donors (Lipinski definition) is 1. The molecule has 1 N–H and O–H groups in total. The van der Waals surface area contributed by atoms with Gasteiger partial charge in [0.2, 0.25) is 0 Å². The summed E-state index contributed by atoms with van der Waals surface area (Å²) in [4.78, 5) is 2.65. The van der Waals surface area contributed by atoms with Gasteiger partial charge >= 0.3 is 0 Å². The van der Waals surface area contributed by atoms with Gasteiger partial charge in [0.1, 0.15) is 11.2 Å². The molecule has 1 aliphatic heterocycles. The molecule has 0 amide bonds. The molecule has 0 spiro atoms. The van der Waals surface area contributed by atoms with Crippen molar-refractivity contribution in [2.45, 2.75) is 161 Å². The van der Waals surface area contributed by atoms with Gasteiger partial charge in [0, 0.05) is 39.1 Å². The van der Waals surface area contributed by atoms with E-state index in [1.807, 2.05) is 0 Å². The van der Waals surface area contributed by atoms with Crippen LogP contribution in [-0.4, -0.2) is 7.28 Å². The fourth-order valence-electron chi connectivity index (χ4n) is 14.4. The minimum Gasteiger partial charge on any atom is -0.455 e. The first-order valence-electron chi connectivity index (χ1n) is 28.8. The molecule has 4 aliphatic rings. The van der Waals surface area contributed by atoms with Gasteiger partial charge in [-0.2, -0.15) is 0 Å². The summed E-state index contributed by atoms with van der Waals surface area (Å²) in [7, 11) is 0.762. The van der Waals surface area contributed by atoms with Gasteiger partial charge in [0.05, 0.1) is 5.69 Å². The lowest BCUT2D eigenvalue weighted by Crippen LogP contribution is -2.41. The standard InChI is InChI=1S/C73H77BN2O/c1-44-36-54-57(72(10,11)34-32-69(54,4)5)42-61(44)76-62-38-47(45-20-16-14-17-21-45)24-28-59(62)74-66-52(37-48(39-63(66)76)46-22-18-15-19-23-46)65-60(75-49-25-27-53-55(40-49)70(6,7)31-30-68(53,2)3)29-26-50-51-41-56-58(43-64(51)77-67(50)65)73(12,13)35-33-71(56,8)9/h14-29,36-43,74-75H,30-35H2,1-13H3. The van der Waals surface area contributed by atoms with Crippen LogP contribution in [0, 0.1) is 6.92 Å². The van der Waals surface area contributed by atoms with E-state index in [-0.39, 0.29) is 32.5 Å². The molecule has 3 aliphatic carbocycles. The molecule has 4 heteroatoms. The van der Waals surface area contributed by atoms with E-state index in [4.69, 9.17) is 4.42 Å². The minimum atomic E-state index is 0.0283. The molecular weight excluding hydrogens is 932 g/mol. The van der Waals surface area contributed by atoms with E-state index in [0.717, 1.165) is 66.5 Å². The largest absolute Gasteiger partial charge is 0.455 e. The molecule has 0 atom stereocenters. The zero-order chi connectivity index (χ0) is 53.8. The Morgan fingerprint density at radius 2 is 0.961 bits per heavy atom. The Morgan fingerprint density at radius 1 is 0.429 bits per heavy atom. The van der Waals surface area contributed by atoms with Crippen molar-refractivity contribution in [1.29, 1.82) is 0 Å². The van der Waals surface area contributed by atoms with Crippen molar-refractivity contribution in [3.05, 3.63) is 185 Å². The van der Waals surface area contributed by atoms with Gasteiger partial charge in [0.15, 0.2) is 7.28 Å². The van der Waals surface area contributed by atoms with Gasteiger partial charge in [-0.3, -0.25) is 0 Å². The van der Waals surface area contributed by atoms with Crippen molar-refractivity contribution in [2.24, 2.45) is 0 Å². The van der Waals surface area contributed by atoms with Crippen molar-refractivity contribution in [3.8, 4) is 33.4 Å². The van der Waals surface area contributed by atoms with Gasteiger partial charge in [-0.05, 0) is 211 Å². The summed E-state index contributed by atoms with van der Waals surface area (Å²) in [5, 5.41) is 6.50. The van der Waals surface area contributed by atoms with E-state index in [1.165, 1.54) is 113 Å². The summed E-state index contributed by atoms with van der Waals surface area (Å²) in [6.45, 7) is 31.6. The predicted octanol–water partition coefficient (Wildman–Crippen LogP) is 18.9. The Bertz CT molecular complexity index is 3880. The molecule has 0 fully saturated rings. The van der Waals surface area contributed by atoms with E-state index in [2.05, 4.69) is 246 Å². The van der Waals surface area contributed by atoms with Gasteiger partial charge in [-0.15, -0.1) is 0 Å². The number of nitrogens with zero attached hydrogens (tertiary/aromatic N) is 1. The van der Waals surface area contributed by atoms with Crippen molar-refractivity contribution in [1.82, 2.24) is 0 Å². The SMILES string of the molecule is Cc1cc2c(cc1N1c3cc(-c4ccccc4)ccc3Bc3c(-c4c(Nc5ccc6c(c5)C(C)(C)CCC6(C)C)ccc5c4oc4cc6c(cc45)C(C)(C)CCC6(C)C)cc(-c4ccccc4)cc31)C(C)(C)CCC2(C)C. The number of furan rings is 1. The third kappa shape index (κ3) is 8.04. The molecule has 0 saturated carbocycles. The van der Waals surface area contributed by atoms with Crippen molar-refractivity contribution in [2.75, 3.05) is 10.2 Å². The van der Waals surface area contributed by atoms with Crippen LogP contribution in [-0.2, 0) is 32.5 Å². The highest BCUT2D eigenvalue weighted by atomic mass is 16.3. The number of aryl methyl sites for hydroxylation is 1. The molecule has 388 valence electrons. The van der Waals surface area contributed by atoms with Crippen LogP contribution >= 0.6 is 0 Å². The number of fused-ring (bicyclic) bond motifs is 8. The number of nitrogens with one attached hydrogen (secondary N) is 1. The summed E-state index contributed by atoms with van der Waals surface area (Å²) in [6.07, 6.45) is 6.97. The third-order valence-electron chi connectivity index (χ3n) is 19.8. The van der Waals surface area contributed by atoms with Gasteiger partial charge in [-0.1, -0.05) is 173 Å². The average Bonchev–Trinajstić information content (AvgIpc) is 4.05. The quantitative estimate of drug-likeness (QED) is 0.168. The fraction of sp³-hybridized carbons (Fsp3) is 0.342. The van der Waals surface area contributed by atoms with E-state index >= 15 is 0 Å². The summed E-state index contributed by atoms with van der Waals surface area (Å²) >= 11 is 0. The smallest absolute Gasteiger partial charge is 0.198 e. The van der Waals surface area contributed by atoms with Gasteiger partial charge < -0.3 is 14.6 Å². The molecule has 2 heterocycles. The van der Waals surface area contributed by atoms with Crippen LogP contribution in [0.3, 0.4) is 0 Å². The van der Waals surface area contributed by atoms with Crippen molar-refractivity contribution >= 4 is 68.6 Å². The van der Waals surface area contributed by atoms with Crippen LogP contribution in [0.25, 0.3) is 55.3 Å². The van der Waals surface area contributed by atoms with Crippen LogP contribution in [0.2, 0.25) is 0 Å². The predicted molar refractivity (Wildman–Crippen MR) is 331 cm³/mol. The Morgan fingerprint density at radius 3 is 1.58 bits per heavy atom. The molecule has 1 aromatic heterocycles. The van der Waals surface area contributed by atoms with Crippen LogP contribution < -0.4 is 21.1 Å². The second kappa shape index (κ2) is 17.1. The molecule has 0 bridgehead atoms. The van der Waals surface area contributed by atoms with Gasteiger partial charge in [-0.25, -0.2) is 0 Å². The summed E-state index contributed by atoms with van der Waals surface area (Å²) in [5.41, 5.74) is 27.9. The molecule has 8 aromatic carbocycles. The normalized spacial score (nSPS) is 18.8. The zero-order valence-electron chi connectivity index (χ0n) is 48.2. The average molecular weight is 1010 g/mol. The number of rotatable bonds is 6. The van der Waals surface area contributed by atoms with E-state index in [0.29, 0.717) is 0 Å².